The van der Waals surface area contributed by atoms with Crippen LogP contribution in [0, 0.1) is 11.3 Å². The van der Waals surface area contributed by atoms with E-state index in [9.17, 15) is 10.1 Å². The molecular formula is C22H21ClN2O2. The van der Waals surface area contributed by atoms with Gasteiger partial charge in [0, 0.05) is 17.5 Å². The van der Waals surface area contributed by atoms with E-state index < -0.39 is 5.41 Å². The lowest BCUT2D eigenvalue weighted by Gasteiger charge is -2.23. The van der Waals surface area contributed by atoms with Crippen molar-refractivity contribution in [2.24, 2.45) is 0 Å². The van der Waals surface area contributed by atoms with Crippen molar-refractivity contribution in [2.75, 3.05) is 6.61 Å². The fourth-order valence-electron chi connectivity index (χ4n) is 3.04. The van der Waals surface area contributed by atoms with E-state index in [1.54, 1.807) is 12.1 Å². The molecule has 0 saturated carbocycles. The Bertz CT molecular complexity index is 1070. The van der Waals surface area contributed by atoms with E-state index in [1.165, 1.54) is 0 Å². The number of rotatable bonds is 6. The Labute approximate surface area is 163 Å². The minimum absolute atomic E-state index is 0.0807. The van der Waals surface area contributed by atoms with Crippen molar-refractivity contribution < 1.29 is 4.74 Å². The van der Waals surface area contributed by atoms with Gasteiger partial charge in [0.05, 0.1) is 23.1 Å². The fraction of sp³-hybridized carbons (Fsp3) is 0.273. The maximum Gasteiger partial charge on any atom is 0.251 e. The molecule has 0 aliphatic carbocycles. The number of fused-ring (bicyclic) bond motifs is 1. The van der Waals surface area contributed by atoms with Crippen LogP contribution in [0.3, 0.4) is 0 Å². The van der Waals surface area contributed by atoms with E-state index >= 15 is 0 Å². The van der Waals surface area contributed by atoms with Crippen molar-refractivity contribution >= 4 is 22.5 Å². The number of para-hydroxylation sites is 1. The van der Waals surface area contributed by atoms with Crippen LogP contribution in [0.4, 0.5) is 0 Å². The molecule has 1 heterocycles. The number of halogens is 1. The smallest absolute Gasteiger partial charge is 0.251 e. The first kappa shape index (κ1) is 19.0. The number of pyridine rings is 1. The normalized spacial score (nSPS) is 13.1. The Morgan fingerprint density at radius 3 is 2.70 bits per heavy atom. The highest BCUT2D eigenvalue weighted by molar-refractivity contribution is 6.32. The Balaban J connectivity index is 1.84. The number of benzene rings is 2. The van der Waals surface area contributed by atoms with Gasteiger partial charge in [-0.15, -0.1) is 0 Å². The topological polar surface area (TPSA) is 65.9 Å². The average molecular weight is 381 g/mol. The van der Waals surface area contributed by atoms with Crippen LogP contribution < -0.4 is 10.3 Å². The first-order valence-corrected chi connectivity index (χ1v) is 9.29. The molecule has 138 valence electrons. The first-order valence-electron chi connectivity index (χ1n) is 8.92. The number of aryl methyl sites for hydroxylation is 1. The number of nitrogens with zero attached hydrogens (tertiary/aromatic N) is 1. The van der Waals surface area contributed by atoms with Crippen LogP contribution in [-0.4, -0.2) is 11.6 Å². The first-order chi connectivity index (χ1) is 13.0. The summed E-state index contributed by atoms with van der Waals surface area (Å²) < 4.78 is 5.75. The summed E-state index contributed by atoms with van der Waals surface area (Å²) in [5.74, 6) is 0.606. The van der Waals surface area contributed by atoms with E-state index in [4.69, 9.17) is 16.3 Å². The summed E-state index contributed by atoms with van der Waals surface area (Å²) in [5, 5.41) is 11.3. The van der Waals surface area contributed by atoms with Crippen LogP contribution in [0.15, 0.2) is 53.3 Å². The SMILES string of the molecule is CCc1cc2ccc(C(C)(C#N)CCOc3ccccc3Cl)cc2[nH]c1=O. The van der Waals surface area contributed by atoms with Gasteiger partial charge in [-0.3, -0.25) is 4.79 Å². The van der Waals surface area contributed by atoms with Crippen LogP contribution in [0.25, 0.3) is 10.9 Å². The van der Waals surface area contributed by atoms with Crippen LogP contribution in [0.5, 0.6) is 5.75 Å². The second-order valence-electron chi connectivity index (χ2n) is 6.75. The molecule has 1 aromatic heterocycles. The zero-order valence-electron chi connectivity index (χ0n) is 15.4. The van der Waals surface area contributed by atoms with Crippen molar-refractivity contribution in [1.82, 2.24) is 4.98 Å². The maximum atomic E-state index is 12.1. The second kappa shape index (κ2) is 7.85. The number of ether oxygens (including phenoxy) is 1. The van der Waals surface area contributed by atoms with Crippen LogP contribution in [0.2, 0.25) is 5.02 Å². The van der Waals surface area contributed by atoms with Gasteiger partial charge in [-0.05, 0) is 48.6 Å². The van der Waals surface area contributed by atoms with Gasteiger partial charge in [-0.25, -0.2) is 0 Å². The van der Waals surface area contributed by atoms with E-state index in [-0.39, 0.29) is 5.56 Å². The Morgan fingerprint density at radius 2 is 2.00 bits per heavy atom. The average Bonchev–Trinajstić information content (AvgIpc) is 2.68. The molecule has 0 amide bonds. The van der Waals surface area contributed by atoms with Gasteiger partial charge >= 0.3 is 0 Å². The molecule has 1 N–H and O–H groups in total. The molecule has 0 spiro atoms. The molecule has 0 aliphatic rings. The Kier molecular flexibility index (Phi) is 5.53. The second-order valence-corrected chi connectivity index (χ2v) is 7.16. The van der Waals surface area contributed by atoms with Gasteiger partial charge in [0.2, 0.25) is 0 Å². The highest BCUT2D eigenvalue weighted by atomic mass is 35.5. The molecule has 3 rings (SSSR count). The van der Waals surface area contributed by atoms with Gasteiger partial charge in [-0.2, -0.15) is 5.26 Å². The number of aromatic nitrogens is 1. The predicted octanol–water partition coefficient (Wildman–Crippen LogP) is 4.99. The highest BCUT2D eigenvalue weighted by Gasteiger charge is 2.27. The van der Waals surface area contributed by atoms with Crippen molar-refractivity contribution in [3.8, 4) is 11.8 Å². The summed E-state index contributed by atoms with van der Waals surface area (Å²) in [6.07, 6.45) is 1.18. The molecule has 2 aromatic carbocycles. The minimum Gasteiger partial charge on any atom is -0.492 e. The number of hydrogen-bond acceptors (Lipinski definition) is 3. The molecule has 0 bridgehead atoms. The summed E-state index contributed by atoms with van der Waals surface area (Å²) in [4.78, 5) is 15.0. The van der Waals surface area contributed by atoms with Crippen molar-refractivity contribution in [3.63, 3.8) is 0 Å². The molecule has 3 aromatic rings. The zero-order chi connectivity index (χ0) is 19.4. The highest BCUT2D eigenvalue weighted by Crippen LogP contribution is 2.30. The van der Waals surface area contributed by atoms with Gasteiger partial charge in [0.1, 0.15) is 5.75 Å². The number of nitriles is 1. The van der Waals surface area contributed by atoms with Crippen LogP contribution in [0.1, 0.15) is 31.4 Å². The number of H-pyrrole nitrogens is 1. The van der Waals surface area contributed by atoms with Crippen LogP contribution in [-0.2, 0) is 11.8 Å². The lowest BCUT2D eigenvalue weighted by atomic mass is 9.81. The van der Waals surface area contributed by atoms with E-state index in [0.29, 0.717) is 30.2 Å². The maximum absolute atomic E-state index is 12.1. The third-order valence-electron chi connectivity index (χ3n) is 4.88. The van der Waals surface area contributed by atoms with Crippen molar-refractivity contribution in [1.29, 1.82) is 5.26 Å². The number of hydrogen-bond donors (Lipinski definition) is 1. The lowest BCUT2D eigenvalue weighted by molar-refractivity contribution is 0.285. The molecule has 0 fully saturated rings. The standard InChI is InChI=1S/C22H21ClN2O2/c1-3-15-12-16-8-9-17(13-19(16)25-21(15)26)22(2,14-24)10-11-27-20-7-5-4-6-18(20)23/h4-9,12-13H,3,10-11H2,1-2H3,(H,25,26). The largest absolute Gasteiger partial charge is 0.492 e. The van der Waals surface area contributed by atoms with Crippen LogP contribution >= 0.6 is 11.6 Å². The third-order valence-corrected chi connectivity index (χ3v) is 5.20. The minimum atomic E-state index is -0.740. The Hall–Kier alpha value is -2.77. The quantitative estimate of drug-likeness (QED) is 0.654. The summed E-state index contributed by atoms with van der Waals surface area (Å²) in [7, 11) is 0. The number of aromatic amines is 1. The lowest BCUT2D eigenvalue weighted by Crippen LogP contribution is -2.23. The third kappa shape index (κ3) is 3.99. The molecule has 0 radical (unpaired) electrons. The van der Waals surface area contributed by atoms with Gasteiger partial charge in [0.25, 0.3) is 5.56 Å². The summed E-state index contributed by atoms with van der Waals surface area (Å²) in [5.41, 5.74) is 1.52. The monoisotopic (exact) mass is 380 g/mol. The van der Waals surface area contributed by atoms with E-state index in [1.807, 2.05) is 50.2 Å². The molecule has 27 heavy (non-hydrogen) atoms. The van der Waals surface area contributed by atoms with Crippen molar-refractivity contribution in [3.05, 3.63) is 75.0 Å². The summed E-state index contributed by atoms with van der Waals surface area (Å²) in [6, 6.07) is 17.3. The van der Waals surface area contributed by atoms with E-state index in [0.717, 1.165) is 22.0 Å². The summed E-state index contributed by atoms with van der Waals surface area (Å²) >= 11 is 6.11. The molecule has 0 aliphatic heterocycles. The molecule has 4 nitrogen and oxygen atoms in total. The molecule has 0 saturated heterocycles. The molecular weight excluding hydrogens is 360 g/mol. The Morgan fingerprint density at radius 1 is 1.22 bits per heavy atom. The molecule has 1 atom stereocenters. The molecule has 1 unspecified atom stereocenters. The fourth-order valence-corrected chi connectivity index (χ4v) is 3.23. The van der Waals surface area contributed by atoms with E-state index in [2.05, 4.69) is 11.1 Å². The summed E-state index contributed by atoms with van der Waals surface area (Å²) in [6.45, 7) is 4.19. The number of nitrogens with one attached hydrogen (secondary N) is 1. The van der Waals surface area contributed by atoms with Gasteiger partial charge < -0.3 is 9.72 Å². The van der Waals surface area contributed by atoms with Gasteiger partial charge in [0.15, 0.2) is 0 Å². The van der Waals surface area contributed by atoms with Crippen molar-refractivity contribution in [2.45, 2.75) is 32.1 Å². The predicted molar refractivity (Wildman–Crippen MR) is 108 cm³/mol. The zero-order valence-corrected chi connectivity index (χ0v) is 16.1. The molecule has 5 heteroatoms. The van der Waals surface area contributed by atoms with Gasteiger partial charge in [-0.1, -0.05) is 42.8 Å².